The number of thioether (sulfide) groups is 1. The van der Waals surface area contributed by atoms with E-state index < -0.39 is 5.25 Å². The van der Waals surface area contributed by atoms with Gasteiger partial charge in [0.1, 0.15) is 11.0 Å². The van der Waals surface area contributed by atoms with Gasteiger partial charge in [0, 0.05) is 17.1 Å². The summed E-state index contributed by atoms with van der Waals surface area (Å²) in [5.74, 6) is 0.118. The van der Waals surface area contributed by atoms with Gasteiger partial charge >= 0.3 is 0 Å². The van der Waals surface area contributed by atoms with Crippen LogP contribution in [0, 0.1) is 0 Å². The molecule has 1 aromatic heterocycles. The molecule has 35 heavy (non-hydrogen) atoms. The highest BCUT2D eigenvalue weighted by atomic mass is 35.5. The Kier molecular flexibility index (Phi) is 8.18. The molecule has 178 valence electrons. The number of amidine groups is 1. The van der Waals surface area contributed by atoms with Gasteiger partial charge in [0.2, 0.25) is 11.8 Å². The second-order valence-corrected chi connectivity index (χ2v) is 9.40. The summed E-state index contributed by atoms with van der Waals surface area (Å²) in [6, 6.07) is 20.2. The molecule has 1 N–H and O–H groups in total. The Morgan fingerprint density at radius 3 is 2.63 bits per heavy atom. The number of anilines is 1. The summed E-state index contributed by atoms with van der Waals surface area (Å²) in [7, 11) is 0. The quantitative estimate of drug-likeness (QED) is 0.306. The monoisotopic (exact) mass is 506 g/mol. The van der Waals surface area contributed by atoms with Gasteiger partial charge < -0.3 is 9.73 Å². The first kappa shape index (κ1) is 24.5. The van der Waals surface area contributed by atoms with Crippen LogP contribution in [-0.4, -0.2) is 33.3 Å². The lowest BCUT2D eigenvalue weighted by Gasteiger charge is -2.14. The third kappa shape index (κ3) is 6.94. The molecule has 0 radical (unpaired) electrons. The van der Waals surface area contributed by atoms with Gasteiger partial charge in [0.05, 0.1) is 19.0 Å². The lowest BCUT2D eigenvalue weighted by molar-refractivity contribution is -0.128. The number of furan rings is 1. The lowest BCUT2D eigenvalue weighted by atomic mass is 10.1. The molecular formula is C26H23ClN4O3S. The van der Waals surface area contributed by atoms with E-state index in [4.69, 9.17) is 16.0 Å². The summed E-state index contributed by atoms with van der Waals surface area (Å²) in [6.07, 6.45) is 5.17. The number of benzene rings is 2. The fourth-order valence-corrected chi connectivity index (χ4v) is 4.57. The van der Waals surface area contributed by atoms with Crippen molar-refractivity contribution in [2.45, 2.75) is 25.1 Å². The van der Waals surface area contributed by atoms with Crippen molar-refractivity contribution in [3.05, 3.63) is 94.9 Å². The van der Waals surface area contributed by atoms with Crippen molar-refractivity contribution in [2.75, 3.05) is 5.32 Å². The number of hydrogen-bond acceptors (Lipinski definition) is 6. The van der Waals surface area contributed by atoms with Crippen molar-refractivity contribution in [2.24, 2.45) is 10.2 Å². The van der Waals surface area contributed by atoms with E-state index in [0.29, 0.717) is 21.6 Å². The van der Waals surface area contributed by atoms with Crippen LogP contribution in [0.5, 0.6) is 0 Å². The summed E-state index contributed by atoms with van der Waals surface area (Å²) >= 11 is 7.11. The zero-order chi connectivity index (χ0) is 24.6. The van der Waals surface area contributed by atoms with Crippen LogP contribution in [0.3, 0.4) is 0 Å². The number of carbonyl (C=O) groups excluding carboxylic acids is 2. The van der Waals surface area contributed by atoms with Crippen molar-refractivity contribution in [3.63, 3.8) is 0 Å². The number of amides is 2. The molecule has 1 fully saturated rings. The van der Waals surface area contributed by atoms with Gasteiger partial charge in [-0.3, -0.25) is 14.5 Å². The van der Waals surface area contributed by atoms with Crippen LogP contribution in [0.25, 0.3) is 6.08 Å². The van der Waals surface area contributed by atoms with E-state index in [0.717, 1.165) is 11.1 Å². The van der Waals surface area contributed by atoms with E-state index in [9.17, 15) is 9.59 Å². The lowest BCUT2D eigenvalue weighted by Crippen LogP contribution is -2.33. The minimum atomic E-state index is -0.618. The van der Waals surface area contributed by atoms with E-state index in [-0.39, 0.29) is 24.8 Å². The first-order valence-corrected chi connectivity index (χ1v) is 12.1. The van der Waals surface area contributed by atoms with Gasteiger partial charge in [-0.05, 0) is 54.5 Å². The SMILES string of the molecule is CC(C=NN=C1SC(CC(=O)Nc2ccc(Cl)cc2)C(=O)N1Cc1ccco1)=Cc1ccccc1. The third-order valence-electron chi connectivity index (χ3n) is 5.01. The molecule has 4 rings (SSSR count). The van der Waals surface area contributed by atoms with Gasteiger partial charge in [0.25, 0.3) is 0 Å². The minimum absolute atomic E-state index is 0.00352. The van der Waals surface area contributed by atoms with E-state index >= 15 is 0 Å². The minimum Gasteiger partial charge on any atom is -0.467 e. The van der Waals surface area contributed by atoms with Crippen LogP contribution in [0.4, 0.5) is 5.69 Å². The Morgan fingerprint density at radius 1 is 1.14 bits per heavy atom. The number of nitrogens with one attached hydrogen (secondary N) is 1. The largest absolute Gasteiger partial charge is 0.467 e. The van der Waals surface area contributed by atoms with Gasteiger partial charge in [0.15, 0.2) is 5.17 Å². The maximum Gasteiger partial charge on any atom is 0.243 e. The molecule has 0 saturated carbocycles. The number of carbonyl (C=O) groups is 2. The highest BCUT2D eigenvalue weighted by molar-refractivity contribution is 8.15. The Labute approximate surface area is 212 Å². The standard InChI is InChI=1S/C26H23ClN4O3S/c1-18(14-19-6-3-2-4-7-19)16-28-30-26-31(17-22-8-5-13-34-22)25(33)23(35-26)15-24(32)29-21-11-9-20(27)10-12-21/h2-14,16,23H,15,17H2,1H3,(H,29,32). The van der Waals surface area contributed by atoms with Crippen molar-refractivity contribution in [3.8, 4) is 0 Å². The molecule has 0 spiro atoms. The zero-order valence-electron chi connectivity index (χ0n) is 18.9. The topological polar surface area (TPSA) is 87.3 Å². The second-order valence-electron chi connectivity index (χ2n) is 7.80. The summed E-state index contributed by atoms with van der Waals surface area (Å²) in [5, 5.41) is 11.7. The number of rotatable bonds is 8. The van der Waals surface area contributed by atoms with E-state index in [1.807, 2.05) is 43.3 Å². The molecule has 0 aliphatic carbocycles. The third-order valence-corrected chi connectivity index (χ3v) is 6.43. The van der Waals surface area contributed by atoms with Crippen molar-refractivity contribution in [1.29, 1.82) is 0 Å². The number of halogens is 1. The Morgan fingerprint density at radius 2 is 1.91 bits per heavy atom. The molecule has 0 bridgehead atoms. The predicted octanol–water partition coefficient (Wildman–Crippen LogP) is 5.85. The second kappa shape index (κ2) is 11.7. The molecule has 1 saturated heterocycles. The zero-order valence-corrected chi connectivity index (χ0v) is 20.5. The average molecular weight is 507 g/mol. The highest BCUT2D eigenvalue weighted by Crippen LogP contribution is 2.31. The molecule has 7 nitrogen and oxygen atoms in total. The van der Waals surface area contributed by atoms with Crippen LogP contribution in [0.15, 0.2) is 93.2 Å². The first-order valence-electron chi connectivity index (χ1n) is 10.9. The summed E-state index contributed by atoms with van der Waals surface area (Å²) in [4.78, 5) is 27.2. The molecule has 9 heteroatoms. The van der Waals surface area contributed by atoms with Crippen LogP contribution in [0.2, 0.25) is 5.02 Å². The van der Waals surface area contributed by atoms with Gasteiger partial charge in [-0.2, -0.15) is 5.10 Å². The highest BCUT2D eigenvalue weighted by Gasteiger charge is 2.39. The van der Waals surface area contributed by atoms with Gasteiger partial charge in [-0.15, -0.1) is 5.10 Å². The number of allylic oxidation sites excluding steroid dienone is 1. The van der Waals surface area contributed by atoms with Crippen molar-refractivity contribution in [1.82, 2.24) is 4.90 Å². The van der Waals surface area contributed by atoms with Gasteiger partial charge in [-0.25, -0.2) is 0 Å². The molecule has 3 aromatic rings. The predicted molar refractivity (Wildman–Crippen MR) is 141 cm³/mol. The molecule has 1 aliphatic heterocycles. The van der Waals surface area contributed by atoms with Crippen LogP contribution in [0.1, 0.15) is 24.7 Å². The van der Waals surface area contributed by atoms with Crippen LogP contribution < -0.4 is 5.32 Å². The Hall–Kier alpha value is -3.62. The van der Waals surface area contributed by atoms with Gasteiger partial charge in [-0.1, -0.05) is 59.8 Å². The Balaban J connectivity index is 1.47. The average Bonchev–Trinajstić information content (AvgIpc) is 3.45. The molecular weight excluding hydrogens is 484 g/mol. The Bertz CT molecular complexity index is 1260. The van der Waals surface area contributed by atoms with E-state index in [1.165, 1.54) is 16.7 Å². The smallest absolute Gasteiger partial charge is 0.243 e. The number of hydrogen-bond donors (Lipinski definition) is 1. The van der Waals surface area contributed by atoms with E-state index in [2.05, 4.69) is 15.5 Å². The van der Waals surface area contributed by atoms with E-state index in [1.54, 1.807) is 48.9 Å². The summed E-state index contributed by atoms with van der Waals surface area (Å²) in [6.45, 7) is 2.13. The molecule has 2 amide bonds. The van der Waals surface area contributed by atoms with Crippen molar-refractivity contribution < 1.29 is 14.0 Å². The molecule has 1 unspecified atom stereocenters. The molecule has 1 atom stereocenters. The summed E-state index contributed by atoms with van der Waals surface area (Å²) in [5.41, 5.74) is 2.58. The maximum atomic E-state index is 13.1. The maximum absolute atomic E-state index is 13.1. The molecule has 1 aliphatic rings. The van der Waals surface area contributed by atoms with Crippen molar-refractivity contribution >= 4 is 58.3 Å². The van der Waals surface area contributed by atoms with Crippen LogP contribution >= 0.6 is 23.4 Å². The normalized spacial score (nSPS) is 17.5. The fourth-order valence-electron chi connectivity index (χ4n) is 3.35. The number of nitrogens with zero attached hydrogens (tertiary/aromatic N) is 3. The summed E-state index contributed by atoms with van der Waals surface area (Å²) < 4.78 is 5.41. The fraction of sp³-hybridized carbons (Fsp3) is 0.154. The van der Waals surface area contributed by atoms with Crippen LogP contribution in [-0.2, 0) is 16.1 Å². The molecule has 2 aromatic carbocycles. The molecule has 2 heterocycles. The first-order chi connectivity index (χ1) is 17.0.